The van der Waals surface area contributed by atoms with E-state index < -0.39 is 27.0 Å². The van der Waals surface area contributed by atoms with Gasteiger partial charge in [-0.15, -0.1) is 0 Å². The fourth-order valence-electron chi connectivity index (χ4n) is 2.05. The van der Waals surface area contributed by atoms with Gasteiger partial charge in [-0.2, -0.15) is 13.2 Å². The molecule has 0 radical (unpaired) electrons. The number of sulfone groups is 1. The minimum atomic E-state index is -4.60. The summed E-state index contributed by atoms with van der Waals surface area (Å²) in [5, 5.41) is -1.72. The van der Waals surface area contributed by atoms with Crippen LogP contribution in [0.3, 0.4) is 0 Å². The van der Waals surface area contributed by atoms with E-state index in [-0.39, 0.29) is 10.5 Å². The molecule has 3 nitrogen and oxygen atoms in total. The predicted molar refractivity (Wildman–Crippen MR) is 79.2 cm³/mol. The summed E-state index contributed by atoms with van der Waals surface area (Å²) in [5.74, 6) is 0. The van der Waals surface area contributed by atoms with Crippen molar-refractivity contribution in [3.05, 3.63) is 76.6 Å². The molecule has 23 heavy (non-hydrogen) atoms. The van der Waals surface area contributed by atoms with E-state index in [1.807, 2.05) is 0 Å². The first kappa shape index (κ1) is 17.0. The first-order valence-corrected chi connectivity index (χ1v) is 8.05. The van der Waals surface area contributed by atoms with Crippen LogP contribution in [0.1, 0.15) is 22.1 Å². The van der Waals surface area contributed by atoms with E-state index in [4.69, 9.17) is 6.57 Å². The van der Waals surface area contributed by atoms with Gasteiger partial charge in [0.1, 0.15) is 0 Å². The highest BCUT2D eigenvalue weighted by Crippen LogP contribution is 2.35. The lowest BCUT2D eigenvalue weighted by atomic mass is 10.1. The second kappa shape index (κ2) is 6.05. The van der Waals surface area contributed by atoms with Gasteiger partial charge in [0, 0.05) is 0 Å². The van der Waals surface area contributed by atoms with Gasteiger partial charge in [0.15, 0.2) is 0 Å². The molecule has 0 amide bonds. The standard InChI is InChI=1S/C16H12F3NO2S/c1-11-6-8-14(9-7-11)23(21,22)15(20-2)12-4-3-5-13(10-12)16(17,18)19/h3-10,15H,1H3/t15-/m1/s1. The Balaban J connectivity index is 2.52. The van der Waals surface area contributed by atoms with Gasteiger partial charge in [-0.05, 0) is 31.2 Å². The zero-order valence-electron chi connectivity index (χ0n) is 12.0. The van der Waals surface area contributed by atoms with Crippen LogP contribution in [0.25, 0.3) is 4.85 Å². The molecular weight excluding hydrogens is 327 g/mol. The summed E-state index contributed by atoms with van der Waals surface area (Å²) in [4.78, 5) is 2.95. The monoisotopic (exact) mass is 339 g/mol. The van der Waals surface area contributed by atoms with Gasteiger partial charge in [-0.1, -0.05) is 29.8 Å². The van der Waals surface area contributed by atoms with E-state index in [1.165, 1.54) is 18.2 Å². The number of alkyl halides is 3. The van der Waals surface area contributed by atoms with Crippen molar-refractivity contribution in [1.29, 1.82) is 0 Å². The van der Waals surface area contributed by atoms with Crippen LogP contribution in [-0.4, -0.2) is 8.42 Å². The number of rotatable bonds is 3. The van der Waals surface area contributed by atoms with Crippen LogP contribution in [0.15, 0.2) is 53.4 Å². The van der Waals surface area contributed by atoms with Gasteiger partial charge >= 0.3 is 11.6 Å². The van der Waals surface area contributed by atoms with Crippen molar-refractivity contribution in [2.45, 2.75) is 23.4 Å². The molecule has 7 heteroatoms. The van der Waals surface area contributed by atoms with Crippen molar-refractivity contribution in [3.63, 3.8) is 0 Å². The van der Waals surface area contributed by atoms with E-state index >= 15 is 0 Å². The molecule has 0 N–H and O–H groups in total. The van der Waals surface area contributed by atoms with E-state index in [9.17, 15) is 21.6 Å². The Bertz CT molecular complexity index is 850. The Morgan fingerprint density at radius 2 is 1.70 bits per heavy atom. The van der Waals surface area contributed by atoms with Crippen molar-refractivity contribution in [2.24, 2.45) is 0 Å². The summed E-state index contributed by atoms with van der Waals surface area (Å²) in [6.07, 6.45) is -4.60. The summed E-state index contributed by atoms with van der Waals surface area (Å²) in [6.45, 7) is 8.91. The van der Waals surface area contributed by atoms with Crippen molar-refractivity contribution in [1.82, 2.24) is 0 Å². The highest BCUT2D eigenvalue weighted by Gasteiger charge is 2.37. The molecule has 0 fully saturated rings. The van der Waals surface area contributed by atoms with Crippen molar-refractivity contribution in [3.8, 4) is 0 Å². The molecule has 2 rings (SSSR count). The van der Waals surface area contributed by atoms with E-state index in [1.54, 1.807) is 19.1 Å². The molecule has 2 aromatic carbocycles. The molecule has 1 atom stereocenters. The topological polar surface area (TPSA) is 38.5 Å². The molecule has 0 saturated carbocycles. The molecule has 0 bridgehead atoms. The Hall–Kier alpha value is -2.33. The third kappa shape index (κ3) is 3.54. The average Bonchev–Trinajstić information content (AvgIpc) is 2.47. The SMILES string of the molecule is [C-]#[N+][C@@H](c1cccc(C(F)(F)F)c1)S(=O)(=O)c1ccc(C)cc1. The van der Waals surface area contributed by atoms with Crippen LogP contribution in [0.4, 0.5) is 13.2 Å². The van der Waals surface area contributed by atoms with E-state index in [0.29, 0.717) is 6.07 Å². The predicted octanol–water partition coefficient (Wildman–Crippen LogP) is 4.41. The van der Waals surface area contributed by atoms with Crippen molar-refractivity contribution >= 4 is 9.84 Å². The van der Waals surface area contributed by atoms with Crippen molar-refractivity contribution < 1.29 is 21.6 Å². The fraction of sp³-hybridized carbons (Fsp3) is 0.188. The summed E-state index contributed by atoms with van der Waals surface area (Å²) in [5.41, 5.74) is -0.347. The van der Waals surface area contributed by atoms with Crippen LogP contribution in [0, 0.1) is 13.5 Å². The smallest absolute Gasteiger partial charge is 0.291 e. The maximum absolute atomic E-state index is 12.8. The Morgan fingerprint density at radius 1 is 1.09 bits per heavy atom. The molecule has 0 aliphatic carbocycles. The fourth-order valence-corrected chi connectivity index (χ4v) is 3.47. The second-order valence-electron chi connectivity index (χ2n) is 4.96. The Kier molecular flexibility index (Phi) is 4.48. The van der Waals surface area contributed by atoms with Gasteiger partial charge in [0.2, 0.25) is 0 Å². The van der Waals surface area contributed by atoms with Crippen LogP contribution in [0.5, 0.6) is 0 Å². The van der Waals surface area contributed by atoms with Crippen LogP contribution < -0.4 is 0 Å². The molecule has 0 spiro atoms. The Labute approximate surface area is 132 Å². The molecule has 0 heterocycles. The van der Waals surface area contributed by atoms with Gasteiger partial charge in [0.25, 0.3) is 9.84 Å². The lowest BCUT2D eigenvalue weighted by Crippen LogP contribution is -2.12. The largest absolute Gasteiger partial charge is 0.416 e. The molecular formula is C16H12F3NO2S. The number of benzene rings is 2. The first-order chi connectivity index (χ1) is 10.7. The summed E-state index contributed by atoms with van der Waals surface area (Å²) < 4.78 is 63.4. The van der Waals surface area contributed by atoms with Gasteiger partial charge in [-0.3, -0.25) is 4.85 Å². The molecule has 0 saturated heterocycles. The maximum atomic E-state index is 12.8. The third-order valence-electron chi connectivity index (χ3n) is 3.26. The zero-order chi connectivity index (χ0) is 17.3. The van der Waals surface area contributed by atoms with Crippen LogP contribution in [-0.2, 0) is 16.0 Å². The normalized spacial score (nSPS) is 13.3. The number of aryl methyl sites for hydroxylation is 1. The summed E-state index contributed by atoms with van der Waals surface area (Å²) in [7, 11) is -4.10. The van der Waals surface area contributed by atoms with Crippen molar-refractivity contribution in [2.75, 3.05) is 0 Å². The number of nitrogens with zero attached hydrogens (tertiary/aromatic N) is 1. The zero-order valence-corrected chi connectivity index (χ0v) is 12.8. The lowest BCUT2D eigenvalue weighted by molar-refractivity contribution is -0.137. The molecule has 0 aliphatic rings. The molecule has 2 aromatic rings. The lowest BCUT2D eigenvalue weighted by Gasteiger charge is -2.11. The van der Waals surface area contributed by atoms with E-state index in [0.717, 1.165) is 17.7 Å². The van der Waals surface area contributed by atoms with Crippen LogP contribution >= 0.6 is 0 Å². The summed E-state index contributed by atoms with van der Waals surface area (Å²) in [6, 6.07) is 9.68. The molecule has 120 valence electrons. The summed E-state index contributed by atoms with van der Waals surface area (Å²) >= 11 is 0. The minimum absolute atomic E-state index is 0.0958. The van der Waals surface area contributed by atoms with E-state index in [2.05, 4.69) is 4.85 Å². The third-order valence-corrected chi connectivity index (χ3v) is 5.15. The highest BCUT2D eigenvalue weighted by molar-refractivity contribution is 7.91. The average molecular weight is 339 g/mol. The quantitative estimate of drug-likeness (QED) is 0.777. The van der Waals surface area contributed by atoms with Gasteiger partial charge in [0.05, 0.1) is 16.0 Å². The molecule has 0 aliphatic heterocycles. The number of hydrogen-bond acceptors (Lipinski definition) is 2. The van der Waals surface area contributed by atoms with Gasteiger partial charge < -0.3 is 0 Å². The maximum Gasteiger partial charge on any atom is 0.416 e. The molecule has 0 aromatic heterocycles. The minimum Gasteiger partial charge on any atom is -0.291 e. The van der Waals surface area contributed by atoms with Crippen LogP contribution in [0.2, 0.25) is 0 Å². The number of hydrogen-bond donors (Lipinski definition) is 0. The van der Waals surface area contributed by atoms with Gasteiger partial charge in [-0.25, -0.2) is 15.0 Å². The number of halogens is 3. The Morgan fingerprint density at radius 3 is 2.22 bits per heavy atom. The highest BCUT2D eigenvalue weighted by atomic mass is 32.2. The second-order valence-corrected chi connectivity index (χ2v) is 6.97. The first-order valence-electron chi connectivity index (χ1n) is 6.50. The molecule has 0 unspecified atom stereocenters.